The topological polar surface area (TPSA) is 106 Å². The van der Waals surface area contributed by atoms with Gasteiger partial charge in [-0.3, -0.25) is 4.79 Å². The summed E-state index contributed by atoms with van der Waals surface area (Å²) in [7, 11) is -3.66. The molecular formula is C27H25FN2O5S2. The van der Waals surface area contributed by atoms with Gasteiger partial charge in [0.2, 0.25) is 10.0 Å². The molecule has 1 amide bonds. The fraction of sp³-hybridized carbons (Fsp3) is 0.259. The third kappa shape index (κ3) is 5.98. The fourth-order valence-electron chi connectivity index (χ4n) is 4.66. The fourth-order valence-corrected chi connectivity index (χ4v) is 5.97. The van der Waals surface area contributed by atoms with Gasteiger partial charge in [0.1, 0.15) is 23.2 Å². The number of thiazole rings is 1. The molecule has 2 atom stereocenters. The molecule has 0 aliphatic heterocycles. The minimum absolute atomic E-state index is 0.0740. The van der Waals surface area contributed by atoms with Gasteiger partial charge in [0.05, 0.1) is 22.6 Å². The van der Waals surface area contributed by atoms with Crippen molar-refractivity contribution >= 4 is 37.5 Å². The van der Waals surface area contributed by atoms with Crippen molar-refractivity contribution in [2.45, 2.75) is 32.0 Å². The molecule has 0 saturated heterocycles. The Morgan fingerprint density at radius 1 is 1.19 bits per heavy atom. The molecule has 192 valence electrons. The third-order valence-corrected chi connectivity index (χ3v) is 7.95. The summed E-state index contributed by atoms with van der Waals surface area (Å²) in [5.41, 5.74) is 3.57. The number of aryl methyl sites for hydroxylation is 1. The molecule has 10 heteroatoms. The molecule has 1 aromatic heterocycles. The van der Waals surface area contributed by atoms with Crippen molar-refractivity contribution in [2.75, 3.05) is 6.26 Å². The second-order valence-corrected chi connectivity index (χ2v) is 12.1. The van der Waals surface area contributed by atoms with Crippen LogP contribution in [0, 0.1) is 11.7 Å². The zero-order valence-electron chi connectivity index (χ0n) is 20.0. The molecule has 3 aromatic carbocycles. The highest BCUT2D eigenvalue weighted by atomic mass is 32.2. The summed E-state index contributed by atoms with van der Waals surface area (Å²) in [6, 6.07) is 17.0. The van der Waals surface area contributed by atoms with Crippen LogP contribution in [-0.2, 0) is 29.5 Å². The van der Waals surface area contributed by atoms with Crippen molar-refractivity contribution in [3.05, 3.63) is 93.7 Å². The first-order valence-electron chi connectivity index (χ1n) is 11.7. The summed E-state index contributed by atoms with van der Waals surface area (Å²) in [4.78, 5) is 16.7. The molecule has 2 N–H and O–H groups in total. The molecule has 7 nitrogen and oxygen atoms in total. The van der Waals surface area contributed by atoms with Gasteiger partial charge < -0.3 is 9.84 Å². The van der Waals surface area contributed by atoms with Crippen molar-refractivity contribution in [2.24, 2.45) is 5.92 Å². The minimum Gasteiger partial charge on any atom is -0.486 e. The number of amides is 1. The Hall–Kier alpha value is -3.34. The number of fused-ring (bicyclic) bond motifs is 2. The largest absolute Gasteiger partial charge is 0.486 e. The van der Waals surface area contributed by atoms with E-state index in [1.807, 2.05) is 29.0 Å². The Bertz CT molecular complexity index is 1580. The van der Waals surface area contributed by atoms with Crippen LogP contribution in [0.25, 0.3) is 10.2 Å². The molecule has 0 spiro atoms. The van der Waals surface area contributed by atoms with Crippen LogP contribution in [0.1, 0.15) is 44.6 Å². The number of nitrogens with zero attached hydrogens (tertiary/aromatic N) is 1. The van der Waals surface area contributed by atoms with Gasteiger partial charge in [0, 0.05) is 11.6 Å². The van der Waals surface area contributed by atoms with Gasteiger partial charge in [0.15, 0.2) is 0 Å². The minimum atomic E-state index is -3.66. The number of carbonyl (C=O) groups is 1. The molecule has 0 saturated carbocycles. The molecule has 37 heavy (non-hydrogen) atoms. The number of aliphatic hydroxyl groups excluding tert-OH is 1. The van der Waals surface area contributed by atoms with Crippen LogP contribution in [0.4, 0.5) is 4.39 Å². The van der Waals surface area contributed by atoms with Crippen molar-refractivity contribution < 1.29 is 27.4 Å². The number of sulfonamides is 1. The van der Waals surface area contributed by atoms with E-state index in [0.717, 1.165) is 45.5 Å². The Morgan fingerprint density at radius 2 is 2.03 bits per heavy atom. The Kier molecular flexibility index (Phi) is 6.98. The van der Waals surface area contributed by atoms with Crippen LogP contribution in [0.5, 0.6) is 5.75 Å². The van der Waals surface area contributed by atoms with Gasteiger partial charge in [-0.05, 0) is 78.3 Å². The molecule has 0 radical (unpaired) electrons. The molecule has 1 heterocycles. The van der Waals surface area contributed by atoms with E-state index in [4.69, 9.17) is 4.74 Å². The summed E-state index contributed by atoms with van der Waals surface area (Å²) in [6.45, 7) is 0.238. The first kappa shape index (κ1) is 25.3. The number of aromatic nitrogens is 1. The predicted octanol–water partition coefficient (Wildman–Crippen LogP) is 4.54. The normalized spacial score (nSPS) is 17.4. The van der Waals surface area contributed by atoms with E-state index in [2.05, 4.69) is 4.98 Å². The molecule has 0 fully saturated rings. The maximum atomic E-state index is 13.4. The van der Waals surface area contributed by atoms with Gasteiger partial charge in [-0.15, -0.1) is 11.3 Å². The van der Waals surface area contributed by atoms with E-state index < -0.39 is 22.0 Å². The second kappa shape index (κ2) is 10.2. The van der Waals surface area contributed by atoms with Gasteiger partial charge >= 0.3 is 0 Å². The maximum absolute atomic E-state index is 13.4. The SMILES string of the molecule is CS(=O)(=O)NC(=O)c1cccc(C[C@@H]2CCc3ccc(OCc4nc5cc(F)ccc5s4)cc3[C@@H]2O)c1. The van der Waals surface area contributed by atoms with Crippen LogP contribution in [0.2, 0.25) is 0 Å². The van der Waals surface area contributed by atoms with Crippen molar-refractivity contribution in [1.82, 2.24) is 9.71 Å². The molecule has 0 bridgehead atoms. The van der Waals surface area contributed by atoms with Gasteiger partial charge in [-0.25, -0.2) is 22.5 Å². The van der Waals surface area contributed by atoms with Crippen molar-refractivity contribution in [3.8, 4) is 5.75 Å². The van der Waals surface area contributed by atoms with Gasteiger partial charge in [-0.2, -0.15) is 0 Å². The standard InChI is InChI=1S/C27H25FN2O5S2/c1-37(33,34)30-27(32)19-4-2-3-16(12-19)11-18-6-5-17-7-9-21(14-22(17)26(18)31)35-15-25-29-23-13-20(28)8-10-24(23)36-25/h2-4,7-10,12-14,18,26,31H,5-6,11,15H2,1H3,(H,30,32)/t18-,26+/m0/s1. The number of hydrogen-bond donors (Lipinski definition) is 2. The van der Waals surface area contributed by atoms with E-state index in [9.17, 15) is 22.7 Å². The molecule has 1 aliphatic rings. The lowest BCUT2D eigenvalue weighted by molar-refractivity contribution is 0.0932. The number of carbonyl (C=O) groups excluding carboxylic acids is 1. The number of benzene rings is 3. The molecule has 5 rings (SSSR count). The monoisotopic (exact) mass is 540 g/mol. The average molecular weight is 541 g/mol. The Balaban J connectivity index is 1.27. The van der Waals surface area contributed by atoms with Crippen LogP contribution in [0.3, 0.4) is 0 Å². The van der Waals surface area contributed by atoms with Crippen LogP contribution >= 0.6 is 11.3 Å². The summed E-state index contributed by atoms with van der Waals surface area (Å²) in [5, 5.41) is 11.9. The molecular weight excluding hydrogens is 515 g/mol. The lowest BCUT2D eigenvalue weighted by Gasteiger charge is -2.30. The molecule has 1 aliphatic carbocycles. The quantitative estimate of drug-likeness (QED) is 0.357. The summed E-state index contributed by atoms with van der Waals surface area (Å²) in [6.07, 6.45) is 2.33. The second-order valence-electron chi connectivity index (χ2n) is 9.22. The smallest absolute Gasteiger partial charge is 0.264 e. The van der Waals surface area contributed by atoms with Crippen molar-refractivity contribution in [3.63, 3.8) is 0 Å². The highest BCUT2D eigenvalue weighted by Gasteiger charge is 2.29. The van der Waals surface area contributed by atoms with E-state index in [0.29, 0.717) is 17.7 Å². The molecule has 4 aromatic rings. The highest BCUT2D eigenvalue weighted by molar-refractivity contribution is 7.89. The van der Waals surface area contributed by atoms with Gasteiger partial charge in [0.25, 0.3) is 5.91 Å². The highest BCUT2D eigenvalue weighted by Crippen LogP contribution is 2.38. The lowest BCUT2D eigenvalue weighted by atomic mass is 9.78. The summed E-state index contributed by atoms with van der Waals surface area (Å²) < 4.78 is 45.1. The Labute approximate surface area is 218 Å². The van der Waals surface area contributed by atoms with E-state index in [-0.39, 0.29) is 23.9 Å². The Morgan fingerprint density at radius 3 is 2.84 bits per heavy atom. The number of rotatable bonds is 7. The number of nitrogens with one attached hydrogen (secondary N) is 1. The van der Waals surface area contributed by atoms with E-state index in [1.54, 1.807) is 24.3 Å². The number of aliphatic hydroxyl groups is 1. The van der Waals surface area contributed by atoms with Crippen LogP contribution in [-0.4, -0.2) is 30.7 Å². The lowest BCUT2D eigenvalue weighted by Crippen LogP contribution is -2.29. The van der Waals surface area contributed by atoms with Crippen LogP contribution < -0.4 is 9.46 Å². The van der Waals surface area contributed by atoms with E-state index in [1.165, 1.54) is 23.5 Å². The first-order chi connectivity index (χ1) is 17.6. The number of ether oxygens (including phenoxy) is 1. The zero-order chi connectivity index (χ0) is 26.2. The van der Waals surface area contributed by atoms with E-state index >= 15 is 0 Å². The third-order valence-electron chi connectivity index (χ3n) is 6.39. The van der Waals surface area contributed by atoms with Crippen molar-refractivity contribution in [1.29, 1.82) is 0 Å². The number of halogens is 1. The summed E-state index contributed by atoms with van der Waals surface area (Å²) >= 11 is 1.45. The number of hydrogen-bond acceptors (Lipinski definition) is 7. The van der Waals surface area contributed by atoms with Gasteiger partial charge in [-0.1, -0.05) is 18.2 Å². The molecule has 0 unspecified atom stereocenters. The first-order valence-corrected chi connectivity index (χ1v) is 14.4. The average Bonchev–Trinajstić information content (AvgIpc) is 3.26. The summed E-state index contributed by atoms with van der Waals surface area (Å²) in [5.74, 6) is -0.468. The zero-order valence-corrected chi connectivity index (χ0v) is 21.6. The predicted molar refractivity (Wildman–Crippen MR) is 140 cm³/mol. The van der Waals surface area contributed by atoms with Crippen LogP contribution in [0.15, 0.2) is 60.7 Å². The maximum Gasteiger partial charge on any atom is 0.264 e.